The van der Waals surface area contributed by atoms with Gasteiger partial charge in [0.05, 0.1) is 0 Å². The summed E-state index contributed by atoms with van der Waals surface area (Å²) in [5.74, 6) is 0. The fraction of sp³-hybridized carbons (Fsp3) is 0.900. The van der Waals surface area contributed by atoms with Crippen molar-refractivity contribution in [2.24, 2.45) is 5.41 Å². The molecule has 0 aromatic rings. The van der Waals surface area contributed by atoms with Crippen molar-refractivity contribution in [2.45, 2.75) is 33.1 Å². The predicted molar refractivity (Wildman–Crippen MR) is 49.4 cm³/mol. The molecule has 1 fully saturated rings. The van der Waals surface area contributed by atoms with Gasteiger partial charge in [0.2, 0.25) is 0 Å². The Balaban J connectivity index is 2.25. The first-order valence-corrected chi connectivity index (χ1v) is 4.66. The molecule has 1 rings (SSSR count). The summed E-state index contributed by atoms with van der Waals surface area (Å²) in [7, 11) is 0. The highest BCUT2D eigenvalue weighted by Crippen LogP contribution is 2.29. The van der Waals surface area contributed by atoms with Crippen molar-refractivity contribution < 1.29 is 0 Å². The van der Waals surface area contributed by atoms with Crippen LogP contribution in [-0.2, 0) is 0 Å². The van der Waals surface area contributed by atoms with Crippen LogP contribution in [0.3, 0.4) is 0 Å². The number of rotatable bonds is 2. The van der Waals surface area contributed by atoms with E-state index >= 15 is 0 Å². The molecule has 0 amide bonds. The molecule has 1 aliphatic rings. The summed E-state index contributed by atoms with van der Waals surface area (Å²) in [6.07, 6.45) is 3.76. The first-order valence-electron chi connectivity index (χ1n) is 4.66. The number of hydrogen-bond donors (Lipinski definition) is 0. The largest absolute Gasteiger partial charge is 0.303 e. The van der Waals surface area contributed by atoms with E-state index in [2.05, 4.69) is 25.7 Å². The van der Waals surface area contributed by atoms with Crippen molar-refractivity contribution in [3.8, 4) is 0 Å². The molecule has 0 aliphatic carbocycles. The molecular weight excluding hydrogens is 134 g/mol. The summed E-state index contributed by atoms with van der Waals surface area (Å²) in [5.41, 5.74) is 0.595. The third-order valence-electron chi connectivity index (χ3n) is 2.68. The molecule has 1 heteroatoms. The summed E-state index contributed by atoms with van der Waals surface area (Å²) in [6.45, 7) is 12.4. The zero-order chi connectivity index (χ0) is 8.32. The van der Waals surface area contributed by atoms with Crippen LogP contribution in [0.1, 0.15) is 33.1 Å². The Labute approximate surface area is 70.8 Å². The van der Waals surface area contributed by atoms with E-state index in [-0.39, 0.29) is 0 Å². The van der Waals surface area contributed by atoms with Crippen molar-refractivity contribution in [3.05, 3.63) is 6.92 Å². The molecule has 0 N–H and O–H groups in total. The molecule has 1 aliphatic heterocycles. The van der Waals surface area contributed by atoms with Crippen LogP contribution in [0.4, 0.5) is 0 Å². The van der Waals surface area contributed by atoms with Crippen LogP contribution in [0, 0.1) is 12.3 Å². The van der Waals surface area contributed by atoms with Crippen LogP contribution in [0.5, 0.6) is 0 Å². The fourth-order valence-electron chi connectivity index (χ4n) is 1.61. The normalized spacial score (nSPS) is 25.4. The monoisotopic (exact) mass is 154 g/mol. The summed E-state index contributed by atoms with van der Waals surface area (Å²) in [4.78, 5) is 2.53. The minimum atomic E-state index is 0.595. The van der Waals surface area contributed by atoms with Crippen molar-refractivity contribution in [2.75, 3.05) is 19.6 Å². The quantitative estimate of drug-likeness (QED) is 0.590. The van der Waals surface area contributed by atoms with Crippen molar-refractivity contribution in [3.63, 3.8) is 0 Å². The number of nitrogens with zero attached hydrogens (tertiary/aromatic N) is 1. The molecule has 1 saturated heterocycles. The molecule has 1 heterocycles. The van der Waals surface area contributed by atoms with Gasteiger partial charge >= 0.3 is 0 Å². The lowest BCUT2D eigenvalue weighted by Crippen LogP contribution is -2.37. The number of piperidine rings is 1. The van der Waals surface area contributed by atoms with Gasteiger partial charge in [0, 0.05) is 0 Å². The van der Waals surface area contributed by atoms with E-state index in [1.165, 1.54) is 32.5 Å². The third kappa shape index (κ3) is 2.82. The van der Waals surface area contributed by atoms with E-state index in [1.54, 1.807) is 0 Å². The molecule has 1 radical (unpaired) electrons. The van der Waals surface area contributed by atoms with Gasteiger partial charge < -0.3 is 4.90 Å². The molecule has 0 aromatic carbocycles. The van der Waals surface area contributed by atoms with Gasteiger partial charge in [-0.3, -0.25) is 0 Å². The highest BCUT2D eigenvalue weighted by atomic mass is 15.1. The Morgan fingerprint density at radius 3 is 2.27 bits per heavy atom. The SMILES string of the molecule is [CH2]CCN1CCC(C)(C)CC1. The molecule has 0 spiro atoms. The van der Waals surface area contributed by atoms with Crippen LogP contribution in [-0.4, -0.2) is 24.5 Å². The van der Waals surface area contributed by atoms with E-state index in [0.29, 0.717) is 5.41 Å². The van der Waals surface area contributed by atoms with Crippen LogP contribution in [0.25, 0.3) is 0 Å². The van der Waals surface area contributed by atoms with E-state index in [4.69, 9.17) is 0 Å². The van der Waals surface area contributed by atoms with Gasteiger partial charge in [-0.05, 0) is 44.3 Å². The van der Waals surface area contributed by atoms with E-state index in [9.17, 15) is 0 Å². The van der Waals surface area contributed by atoms with Crippen LogP contribution in [0.2, 0.25) is 0 Å². The smallest absolute Gasteiger partial charge is 0.00136 e. The highest BCUT2D eigenvalue weighted by Gasteiger charge is 2.24. The van der Waals surface area contributed by atoms with Crippen molar-refractivity contribution in [1.82, 2.24) is 4.90 Å². The van der Waals surface area contributed by atoms with Gasteiger partial charge in [0.25, 0.3) is 0 Å². The lowest BCUT2D eigenvalue weighted by Gasteiger charge is -2.36. The van der Waals surface area contributed by atoms with Crippen LogP contribution >= 0.6 is 0 Å². The number of hydrogen-bond acceptors (Lipinski definition) is 1. The standard InChI is InChI=1S/C10H20N/c1-4-7-11-8-5-10(2,3)6-9-11/h1,4-9H2,2-3H3. The average Bonchev–Trinajstić information content (AvgIpc) is 1.94. The molecule has 65 valence electrons. The molecular formula is C10H20N. The van der Waals surface area contributed by atoms with Gasteiger partial charge in [0.15, 0.2) is 0 Å². The Morgan fingerprint density at radius 1 is 1.27 bits per heavy atom. The Hall–Kier alpha value is -0.0400. The Kier molecular flexibility index (Phi) is 2.94. The summed E-state index contributed by atoms with van der Waals surface area (Å²) in [6, 6.07) is 0. The maximum Gasteiger partial charge on any atom is -0.00136 e. The molecule has 1 nitrogen and oxygen atoms in total. The Bertz CT molecular complexity index is 108. The first kappa shape index (κ1) is 9.05. The maximum absolute atomic E-state index is 3.87. The van der Waals surface area contributed by atoms with Gasteiger partial charge in [0.1, 0.15) is 0 Å². The van der Waals surface area contributed by atoms with Gasteiger partial charge in [-0.2, -0.15) is 0 Å². The van der Waals surface area contributed by atoms with Crippen molar-refractivity contribution in [1.29, 1.82) is 0 Å². The molecule has 0 aromatic heterocycles. The second-order valence-corrected chi connectivity index (χ2v) is 4.36. The maximum atomic E-state index is 3.87. The van der Waals surface area contributed by atoms with Crippen LogP contribution < -0.4 is 0 Å². The average molecular weight is 154 g/mol. The molecule has 0 atom stereocenters. The van der Waals surface area contributed by atoms with E-state index in [1.807, 2.05) is 0 Å². The molecule has 0 unspecified atom stereocenters. The zero-order valence-electron chi connectivity index (χ0n) is 7.90. The fourth-order valence-corrected chi connectivity index (χ4v) is 1.61. The number of likely N-dealkylation sites (tertiary alicyclic amines) is 1. The minimum Gasteiger partial charge on any atom is -0.303 e. The summed E-state index contributed by atoms with van der Waals surface area (Å²) >= 11 is 0. The lowest BCUT2D eigenvalue weighted by atomic mass is 9.83. The van der Waals surface area contributed by atoms with E-state index < -0.39 is 0 Å². The predicted octanol–water partition coefficient (Wildman–Crippen LogP) is 2.33. The lowest BCUT2D eigenvalue weighted by molar-refractivity contribution is 0.134. The zero-order valence-corrected chi connectivity index (χ0v) is 7.90. The van der Waals surface area contributed by atoms with Gasteiger partial charge in [-0.1, -0.05) is 20.8 Å². The minimum absolute atomic E-state index is 0.595. The van der Waals surface area contributed by atoms with Gasteiger partial charge in [-0.15, -0.1) is 0 Å². The second-order valence-electron chi connectivity index (χ2n) is 4.36. The topological polar surface area (TPSA) is 3.24 Å². The van der Waals surface area contributed by atoms with Crippen molar-refractivity contribution >= 4 is 0 Å². The summed E-state index contributed by atoms with van der Waals surface area (Å²) in [5, 5.41) is 0. The first-order chi connectivity index (χ1) is 5.14. The Morgan fingerprint density at radius 2 is 1.82 bits per heavy atom. The molecule has 0 bridgehead atoms. The van der Waals surface area contributed by atoms with E-state index in [0.717, 1.165) is 6.42 Å². The van der Waals surface area contributed by atoms with Gasteiger partial charge in [-0.25, -0.2) is 0 Å². The van der Waals surface area contributed by atoms with Crippen LogP contribution in [0.15, 0.2) is 0 Å². The summed E-state index contributed by atoms with van der Waals surface area (Å²) < 4.78 is 0. The second kappa shape index (κ2) is 3.57. The molecule has 11 heavy (non-hydrogen) atoms. The highest BCUT2D eigenvalue weighted by molar-refractivity contribution is 4.78. The third-order valence-corrected chi connectivity index (χ3v) is 2.68. The molecule has 0 saturated carbocycles.